The lowest BCUT2D eigenvalue weighted by molar-refractivity contribution is -0.0327. The Kier molecular flexibility index (Phi) is 5.01. The first-order valence-electron chi connectivity index (χ1n) is 4.59. The average molecular weight is 281 g/mol. The molecule has 0 spiro atoms. The van der Waals surface area contributed by atoms with Crippen molar-refractivity contribution in [1.29, 1.82) is 0 Å². The number of anilines is 1. The number of rotatable bonds is 5. The van der Waals surface area contributed by atoms with E-state index in [0.717, 1.165) is 0 Å². The zero-order chi connectivity index (χ0) is 12.9. The highest BCUT2D eigenvalue weighted by Gasteiger charge is 2.27. The highest BCUT2D eigenvalue weighted by molar-refractivity contribution is 8.00. The summed E-state index contributed by atoms with van der Waals surface area (Å²) in [7, 11) is 0. The van der Waals surface area contributed by atoms with Crippen molar-refractivity contribution in [2.24, 2.45) is 5.73 Å². The van der Waals surface area contributed by atoms with Gasteiger partial charge in [-0.25, -0.2) is 4.98 Å². The van der Waals surface area contributed by atoms with E-state index in [9.17, 15) is 13.2 Å². The molecule has 1 aromatic rings. The molecule has 0 aromatic carbocycles. The number of nitrogens with zero attached hydrogens (tertiary/aromatic N) is 1. The van der Waals surface area contributed by atoms with Gasteiger partial charge < -0.3 is 11.1 Å². The summed E-state index contributed by atoms with van der Waals surface area (Å²) in [6.07, 6.45) is 1.49. The zero-order valence-electron chi connectivity index (χ0n) is 8.62. The van der Waals surface area contributed by atoms with Crippen LogP contribution in [0.15, 0.2) is 18.3 Å². The smallest absolute Gasteiger partial charge is 0.389 e. The minimum Gasteiger partial charge on any atom is -0.389 e. The monoisotopic (exact) mass is 281 g/mol. The topological polar surface area (TPSA) is 50.9 Å². The maximum absolute atomic E-state index is 11.8. The van der Waals surface area contributed by atoms with Gasteiger partial charge in [0, 0.05) is 24.1 Å². The minimum absolute atomic E-state index is 0.0774. The van der Waals surface area contributed by atoms with Crippen LogP contribution in [-0.4, -0.2) is 27.8 Å². The van der Waals surface area contributed by atoms with Crippen LogP contribution in [0.5, 0.6) is 0 Å². The van der Waals surface area contributed by atoms with Crippen molar-refractivity contribution in [3.05, 3.63) is 23.9 Å². The molecule has 0 aliphatic heterocycles. The molecular weight excluding hydrogens is 271 g/mol. The predicted octanol–water partition coefficient (Wildman–Crippen LogP) is 2.38. The molecular formula is C9H10F3N3S2. The summed E-state index contributed by atoms with van der Waals surface area (Å²) in [6.45, 7) is 0.165. The lowest BCUT2D eigenvalue weighted by Gasteiger charge is -2.08. The van der Waals surface area contributed by atoms with E-state index < -0.39 is 5.51 Å². The van der Waals surface area contributed by atoms with Crippen LogP contribution in [0.2, 0.25) is 0 Å². The van der Waals surface area contributed by atoms with Crippen molar-refractivity contribution in [1.82, 2.24) is 4.98 Å². The van der Waals surface area contributed by atoms with E-state index in [4.69, 9.17) is 18.0 Å². The van der Waals surface area contributed by atoms with Crippen molar-refractivity contribution < 1.29 is 13.2 Å². The number of hydrogen-bond donors (Lipinski definition) is 2. The second kappa shape index (κ2) is 6.06. The molecule has 0 bridgehead atoms. The number of alkyl halides is 3. The molecule has 0 aliphatic carbocycles. The Balaban J connectivity index is 2.42. The van der Waals surface area contributed by atoms with Gasteiger partial charge in [0.1, 0.15) is 10.8 Å². The third-order valence-corrected chi connectivity index (χ3v) is 2.69. The largest absolute Gasteiger partial charge is 0.441 e. The first kappa shape index (κ1) is 14.0. The Morgan fingerprint density at radius 1 is 1.53 bits per heavy atom. The number of thiocarbonyl (C=S) groups is 1. The van der Waals surface area contributed by atoms with Gasteiger partial charge in [0.05, 0.1) is 0 Å². The first-order valence-corrected chi connectivity index (χ1v) is 5.98. The van der Waals surface area contributed by atoms with E-state index in [1.54, 1.807) is 12.1 Å². The molecule has 17 heavy (non-hydrogen) atoms. The predicted molar refractivity (Wildman–Crippen MR) is 67.1 cm³/mol. The lowest BCUT2D eigenvalue weighted by atomic mass is 10.2. The molecule has 0 amide bonds. The molecule has 0 radical (unpaired) electrons. The molecule has 0 aliphatic rings. The second-order valence-electron chi connectivity index (χ2n) is 3.01. The van der Waals surface area contributed by atoms with E-state index in [2.05, 4.69) is 10.3 Å². The summed E-state index contributed by atoms with van der Waals surface area (Å²) in [6, 6.07) is 3.23. The molecule has 8 heteroatoms. The van der Waals surface area contributed by atoms with E-state index >= 15 is 0 Å². The average Bonchev–Trinajstić information content (AvgIpc) is 2.23. The molecule has 94 valence electrons. The summed E-state index contributed by atoms with van der Waals surface area (Å²) in [5.41, 5.74) is 1.84. The Morgan fingerprint density at radius 2 is 2.24 bits per heavy atom. The number of pyridine rings is 1. The number of nitrogens with one attached hydrogen (secondary N) is 1. The number of halogens is 3. The summed E-state index contributed by atoms with van der Waals surface area (Å²) in [5.74, 6) is 0.376. The van der Waals surface area contributed by atoms with Gasteiger partial charge in [0.2, 0.25) is 0 Å². The number of thioether (sulfide) groups is 1. The van der Waals surface area contributed by atoms with Gasteiger partial charge in [-0.1, -0.05) is 12.2 Å². The van der Waals surface area contributed by atoms with Gasteiger partial charge in [-0.05, 0) is 23.9 Å². The highest BCUT2D eigenvalue weighted by atomic mass is 32.2. The second-order valence-corrected chi connectivity index (χ2v) is 4.61. The van der Waals surface area contributed by atoms with Gasteiger partial charge in [0.15, 0.2) is 0 Å². The van der Waals surface area contributed by atoms with E-state index in [0.29, 0.717) is 11.4 Å². The molecule has 0 saturated heterocycles. The Morgan fingerprint density at radius 3 is 2.82 bits per heavy atom. The minimum atomic E-state index is -4.20. The lowest BCUT2D eigenvalue weighted by Crippen LogP contribution is -2.12. The maximum atomic E-state index is 11.8. The van der Waals surface area contributed by atoms with Crippen LogP contribution in [0.1, 0.15) is 5.56 Å². The number of aromatic nitrogens is 1. The molecule has 1 heterocycles. The van der Waals surface area contributed by atoms with Gasteiger partial charge in [0.25, 0.3) is 0 Å². The zero-order valence-corrected chi connectivity index (χ0v) is 10.3. The molecule has 0 fully saturated rings. The van der Waals surface area contributed by atoms with Crippen molar-refractivity contribution in [2.45, 2.75) is 5.51 Å². The summed E-state index contributed by atoms with van der Waals surface area (Å²) in [4.78, 5) is 4.16. The molecule has 3 N–H and O–H groups in total. The molecule has 0 unspecified atom stereocenters. The van der Waals surface area contributed by atoms with Gasteiger partial charge in [-0.15, -0.1) is 0 Å². The first-order chi connectivity index (χ1) is 7.88. The molecule has 1 rings (SSSR count). The van der Waals surface area contributed by atoms with Crippen LogP contribution in [0, 0.1) is 0 Å². The third-order valence-electron chi connectivity index (χ3n) is 1.72. The van der Waals surface area contributed by atoms with Crippen molar-refractivity contribution in [2.75, 3.05) is 17.6 Å². The highest BCUT2D eigenvalue weighted by Crippen LogP contribution is 2.29. The fourth-order valence-electron chi connectivity index (χ4n) is 1.03. The van der Waals surface area contributed by atoms with E-state index in [-0.39, 0.29) is 29.0 Å². The van der Waals surface area contributed by atoms with Crippen LogP contribution in [0.25, 0.3) is 0 Å². The van der Waals surface area contributed by atoms with Crippen molar-refractivity contribution in [3.8, 4) is 0 Å². The van der Waals surface area contributed by atoms with Crippen LogP contribution >= 0.6 is 24.0 Å². The van der Waals surface area contributed by atoms with Crippen LogP contribution < -0.4 is 11.1 Å². The summed E-state index contributed by atoms with van der Waals surface area (Å²) >= 11 is 4.70. The van der Waals surface area contributed by atoms with Gasteiger partial charge in [-0.2, -0.15) is 13.2 Å². The summed E-state index contributed by atoms with van der Waals surface area (Å²) < 4.78 is 35.5. The quantitative estimate of drug-likeness (QED) is 0.641. The standard InChI is InChI=1S/C9H10F3N3S2/c10-9(11,12)17-4-3-15-7-5-6(8(13)16)1-2-14-7/h1-2,5H,3-4H2,(H2,13,16)(H,14,15). The summed E-state index contributed by atoms with van der Waals surface area (Å²) in [5, 5.41) is 2.77. The normalized spacial score (nSPS) is 11.2. The van der Waals surface area contributed by atoms with Crippen LogP contribution in [-0.2, 0) is 0 Å². The van der Waals surface area contributed by atoms with Gasteiger partial charge >= 0.3 is 5.51 Å². The molecule has 0 saturated carbocycles. The fraction of sp³-hybridized carbons (Fsp3) is 0.333. The Hall–Kier alpha value is -1.02. The van der Waals surface area contributed by atoms with Crippen LogP contribution in [0.3, 0.4) is 0 Å². The number of nitrogens with two attached hydrogens (primary N) is 1. The van der Waals surface area contributed by atoms with Crippen molar-refractivity contribution >= 4 is 34.8 Å². The SMILES string of the molecule is NC(=S)c1ccnc(NCCSC(F)(F)F)c1. The Bertz CT molecular complexity index is 395. The fourth-order valence-corrected chi connectivity index (χ4v) is 1.59. The number of hydrogen-bond acceptors (Lipinski definition) is 4. The van der Waals surface area contributed by atoms with E-state index in [1.807, 2.05) is 0 Å². The van der Waals surface area contributed by atoms with Crippen molar-refractivity contribution in [3.63, 3.8) is 0 Å². The third kappa shape index (κ3) is 5.73. The maximum Gasteiger partial charge on any atom is 0.441 e. The molecule has 0 atom stereocenters. The van der Waals surface area contributed by atoms with E-state index in [1.165, 1.54) is 6.20 Å². The Labute approximate surface area is 106 Å². The molecule has 1 aromatic heterocycles. The molecule has 3 nitrogen and oxygen atoms in total. The van der Waals surface area contributed by atoms with Crippen LogP contribution in [0.4, 0.5) is 19.0 Å². The van der Waals surface area contributed by atoms with Gasteiger partial charge in [-0.3, -0.25) is 0 Å².